The molecule has 0 saturated heterocycles. The molecule has 4 nitrogen and oxygen atoms in total. The van der Waals surface area contributed by atoms with Crippen molar-refractivity contribution >= 4 is 34.7 Å². The molecule has 0 aliphatic rings. The van der Waals surface area contributed by atoms with E-state index >= 15 is 0 Å². The van der Waals surface area contributed by atoms with Gasteiger partial charge >= 0.3 is 0 Å². The number of halogens is 4. The van der Waals surface area contributed by atoms with Gasteiger partial charge in [-0.1, -0.05) is 17.7 Å². The smallest absolute Gasteiger partial charge is 0.257 e. The van der Waals surface area contributed by atoms with Crippen LogP contribution in [0.3, 0.4) is 0 Å². The molecule has 0 spiro atoms. The van der Waals surface area contributed by atoms with Gasteiger partial charge in [0, 0.05) is 16.9 Å². The first-order valence-corrected chi connectivity index (χ1v) is 7.75. The van der Waals surface area contributed by atoms with Crippen LogP contribution in [-0.2, 0) is 0 Å². The fourth-order valence-electron chi connectivity index (χ4n) is 2.13. The first-order valence-electron chi connectivity index (χ1n) is 7.37. The predicted octanol–water partition coefficient (Wildman–Crippen LogP) is 5.15. The van der Waals surface area contributed by atoms with E-state index in [1.165, 1.54) is 18.3 Å². The van der Waals surface area contributed by atoms with Crippen LogP contribution >= 0.6 is 11.6 Å². The summed E-state index contributed by atoms with van der Waals surface area (Å²) in [7, 11) is 0. The van der Waals surface area contributed by atoms with Gasteiger partial charge in [-0.3, -0.25) is 4.79 Å². The predicted molar refractivity (Wildman–Crippen MR) is 93.2 cm³/mol. The van der Waals surface area contributed by atoms with Gasteiger partial charge in [0.1, 0.15) is 5.82 Å². The van der Waals surface area contributed by atoms with Crippen molar-refractivity contribution in [3.8, 4) is 0 Å². The highest BCUT2D eigenvalue weighted by Crippen LogP contribution is 2.23. The number of amides is 1. The third kappa shape index (κ3) is 3.94. The maximum atomic E-state index is 13.7. The minimum absolute atomic E-state index is 0.161. The Morgan fingerprint density at radius 2 is 1.81 bits per heavy atom. The highest BCUT2D eigenvalue weighted by molar-refractivity contribution is 6.30. The van der Waals surface area contributed by atoms with Crippen molar-refractivity contribution < 1.29 is 18.0 Å². The Hall–Kier alpha value is -3.06. The van der Waals surface area contributed by atoms with Crippen molar-refractivity contribution in [1.29, 1.82) is 0 Å². The van der Waals surface area contributed by atoms with Gasteiger partial charge in [0.05, 0.1) is 11.3 Å². The molecule has 1 amide bonds. The molecule has 3 rings (SSSR count). The summed E-state index contributed by atoms with van der Waals surface area (Å²) >= 11 is 5.85. The van der Waals surface area contributed by atoms with Gasteiger partial charge in [0.2, 0.25) is 0 Å². The van der Waals surface area contributed by atoms with Crippen LogP contribution in [-0.4, -0.2) is 10.9 Å². The number of aromatic nitrogens is 1. The number of rotatable bonds is 4. The Kier molecular flexibility index (Phi) is 5.09. The fourth-order valence-corrected chi connectivity index (χ4v) is 2.32. The average Bonchev–Trinajstić information content (AvgIpc) is 2.63. The molecular weight excluding hydrogens is 367 g/mol. The number of anilines is 3. The second kappa shape index (κ2) is 7.45. The zero-order valence-corrected chi connectivity index (χ0v) is 13.8. The molecule has 0 aliphatic carbocycles. The summed E-state index contributed by atoms with van der Waals surface area (Å²) in [6, 6.07) is 11.4. The molecular formula is C18H11ClF3N3O. The van der Waals surface area contributed by atoms with Gasteiger partial charge in [-0.05, 0) is 42.5 Å². The normalized spacial score (nSPS) is 10.5. The number of nitrogens with zero attached hydrogens (tertiary/aromatic N) is 1. The van der Waals surface area contributed by atoms with E-state index in [0.717, 1.165) is 12.1 Å². The van der Waals surface area contributed by atoms with Crippen LogP contribution < -0.4 is 10.6 Å². The Labute approximate surface area is 151 Å². The van der Waals surface area contributed by atoms with Crippen molar-refractivity contribution in [1.82, 2.24) is 4.98 Å². The van der Waals surface area contributed by atoms with E-state index < -0.39 is 23.4 Å². The summed E-state index contributed by atoms with van der Waals surface area (Å²) in [6.45, 7) is 0. The number of carbonyl (C=O) groups excluding carboxylic acids is 1. The number of nitrogens with one attached hydrogen (secondary N) is 2. The molecule has 3 aromatic rings. The van der Waals surface area contributed by atoms with Crippen LogP contribution in [0.5, 0.6) is 0 Å². The molecule has 0 radical (unpaired) electrons. The summed E-state index contributed by atoms with van der Waals surface area (Å²) in [5, 5.41) is 5.66. The largest absolute Gasteiger partial charge is 0.338 e. The lowest BCUT2D eigenvalue weighted by molar-refractivity contribution is 0.102. The van der Waals surface area contributed by atoms with E-state index in [1.54, 1.807) is 24.3 Å². The molecule has 0 atom stereocenters. The highest BCUT2D eigenvalue weighted by Gasteiger charge is 2.14. The SMILES string of the molecule is O=C(Nc1cccc(Cl)c1)c1ccc(Nc2ccc(F)c(F)c2F)nc1. The molecule has 0 saturated carbocycles. The van der Waals surface area contributed by atoms with Gasteiger partial charge in [-0.2, -0.15) is 0 Å². The molecule has 26 heavy (non-hydrogen) atoms. The Morgan fingerprint density at radius 3 is 2.50 bits per heavy atom. The number of pyridine rings is 1. The molecule has 0 unspecified atom stereocenters. The first kappa shape index (κ1) is 17.8. The van der Waals surface area contributed by atoms with Crippen LogP contribution in [0.4, 0.5) is 30.4 Å². The van der Waals surface area contributed by atoms with E-state index in [0.29, 0.717) is 10.7 Å². The standard InChI is InChI=1S/C18H11ClF3N3O/c19-11-2-1-3-12(8-11)24-18(26)10-4-7-15(23-9-10)25-14-6-5-13(20)16(21)17(14)22/h1-9H,(H,23,25)(H,24,26). The summed E-state index contributed by atoms with van der Waals surface area (Å²) in [5.41, 5.74) is 0.502. The van der Waals surface area contributed by atoms with E-state index in [-0.39, 0.29) is 17.1 Å². The molecule has 1 aromatic heterocycles. The molecule has 132 valence electrons. The zero-order chi connectivity index (χ0) is 18.7. The van der Waals surface area contributed by atoms with Crippen LogP contribution in [0.25, 0.3) is 0 Å². The Morgan fingerprint density at radius 1 is 1.00 bits per heavy atom. The number of hydrogen-bond acceptors (Lipinski definition) is 3. The van der Waals surface area contributed by atoms with Crippen LogP contribution in [0, 0.1) is 17.5 Å². The molecule has 1 heterocycles. The van der Waals surface area contributed by atoms with Crippen LogP contribution in [0.2, 0.25) is 5.02 Å². The highest BCUT2D eigenvalue weighted by atomic mass is 35.5. The minimum Gasteiger partial charge on any atom is -0.338 e. The van der Waals surface area contributed by atoms with Crippen molar-refractivity contribution in [3.05, 3.63) is 82.8 Å². The van der Waals surface area contributed by atoms with Crippen molar-refractivity contribution in [3.63, 3.8) is 0 Å². The lowest BCUT2D eigenvalue weighted by Crippen LogP contribution is -2.12. The van der Waals surface area contributed by atoms with E-state index in [2.05, 4.69) is 15.6 Å². The van der Waals surface area contributed by atoms with Crippen molar-refractivity contribution in [2.75, 3.05) is 10.6 Å². The Bertz CT molecular complexity index is 964. The number of benzene rings is 2. The first-order chi connectivity index (χ1) is 12.4. The molecule has 2 aromatic carbocycles. The van der Waals surface area contributed by atoms with E-state index in [1.807, 2.05) is 0 Å². The third-order valence-electron chi connectivity index (χ3n) is 3.41. The van der Waals surface area contributed by atoms with Gasteiger partial charge in [0.25, 0.3) is 5.91 Å². The monoisotopic (exact) mass is 377 g/mol. The lowest BCUT2D eigenvalue weighted by atomic mass is 10.2. The number of hydrogen-bond donors (Lipinski definition) is 2. The molecule has 2 N–H and O–H groups in total. The fraction of sp³-hybridized carbons (Fsp3) is 0. The molecule has 0 fully saturated rings. The maximum absolute atomic E-state index is 13.7. The minimum atomic E-state index is -1.58. The second-order valence-corrected chi connectivity index (χ2v) is 5.68. The van der Waals surface area contributed by atoms with Crippen LogP contribution in [0.15, 0.2) is 54.7 Å². The van der Waals surface area contributed by atoms with Gasteiger partial charge < -0.3 is 10.6 Å². The number of carbonyl (C=O) groups is 1. The molecule has 8 heteroatoms. The Balaban J connectivity index is 1.72. The summed E-state index contributed by atoms with van der Waals surface area (Å²) in [4.78, 5) is 16.1. The topological polar surface area (TPSA) is 54.0 Å². The lowest BCUT2D eigenvalue weighted by Gasteiger charge is -2.09. The maximum Gasteiger partial charge on any atom is 0.257 e. The van der Waals surface area contributed by atoms with Gasteiger partial charge in [0.15, 0.2) is 17.5 Å². The van der Waals surface area contributed by atoms with Crippen molar-refractivity contribution in [2.45, 2.75) is 0 Å². The van der Waals surface area contributed by atoms with Crippen LogP contribution in [0.1, 0.15) is 10.4 Å². The zero-order valence-electron chi connectivity index (χ0n) is 13.1. The summed E-state index contributed by atoms with van der Waals surface area (Å²) < 4.78 is 39.8. The average molecular weight is 378 g/mol. The molecule has 0 aliphatic heterocycles. The van der Waals surface area contributed by atoms with Gasteiger partial charge in [-0.15, -0.1) is 0 Å². The third-order valence-corrected chi connectivity index (χ3v) is 3.64. The van der Waals surface area contributed by atoms with Gasteiger partial charge in [-0.25, -0.2) is 18.2 Å². The van der Waals surface area contributed by atoms with Crippen molar-refractivity contribution in [2.24, 2.45) is 0 Å². The quantitative estimate of drug-likeness (QED) is 0.618. The second-order valence-electron chi connectivity index (χ2n) is 5.24. The van der Waals surface area contributed by atoms with E-state index in [4.69, 9.17) is 11.6 Å². The summed E-state index contributed by atoms with van der Waals surface area (Å²) in [6.07, 6.45) is 1.26. The van der Waals surface area contributed by atoms with E-state index in [9.17, 15) is 18.0 Å². The molecule has 0 bridgehead atoms. The summed E-state index contributed by atoms with van der Waals surface area (Å²) in [5.74, 6) is -4.46.